The molecule has 0 radical (unpaired) electrons. The summed E-state index contributed by atoms with van der Waals surface area (Å²) in [4.78, 5) is 0. The van der Waals surface area contributed by atoms with E-state index in [1.165, 1.54) is 62.3 Å². The Hall–Kier alpha value is 0.400. The van der Waals surface area contributed by atoms with E-state index in [1.807, 2.05) is 6.08 Å². The minimum absolute atomic E-state index is 0.742. The van der Waals surface area contributed by atoms with E-state index in [1.54, 1.807) is 0 Å². The molecular formula is C15H29NS2. The van der Waals surface area contributed by atoms with Crippen LogP contribution in [-0.2, 0) is 0 Å². The summed E-state index contributed by atoms with van der Waals surface area (Å²) in [5, 5.41) is 4.62. The molecule has 0 aromatic carbocycles. The lowest BCUT2D eigenvalue weighted by Gasteiger charge is -2.30. The lowest BCUT2D eigenvalue weighted by atomic mass is 10.0. The number of unbranched alkanes of at least 4 members (excludes halogenated alkanes) is 3. The molecule has 1 saturated heterocycles. The van der Waals surface area contributed by atoms with Gasteiger partial charge in [0.25, 0.3) is 0 Å². The SMILES string of the molecule is C=CCCCCCC(NCCC)C1CSCCS1. The summed E-state index contributed by atoms with van der Waals surface area (Å²) < 4.78 is 0. The largest absolute Gasteiger partial charge is 0.313 e. The van der Waals surface area contributed by atoms with Crippen molar-refractivity contribution in [1.29, 1.82) is 0 Å². The van der Waals surface area contributed by atoms with Crippen LogP contribution in [0.3, 0.4) is 0 Å². The molecule has 3 heteroatoms. The molecule has 0 bridgehead atoms. The highest BCUT2D eigenvalue weighted by molar-refractivity contribution is 8.06. The predicted molar refractivity (Wildman–Crippen MR) is 88.9 cm³/mol. The zero-order chi connectivity index (χ0) is 13.1. The standard InChI is InChI=1S/C15H29NS2/c1-3-5-6-7-8-9-14(16-10-4-2)15-13-17-11-12-18-15/h3,14-16H,1,4-13H2,2H3. The number of allylic oxidation sites excluding steroid dienone is 1. The lowest BCUT2D eigenvalue weighted by molar-refractivity contribution is 0.455. The normalized spacial score (nSPS) is 21.7. The van der Waals surface area contributed by atoms with E-state index in [9.17, 15) is 0 Å². The molecule has 0 saturated carbocycles. The summed E-state index contributed by atoms with van der Waals surface area (Å²) in [6, 6.07) is 0.742. The third-order valence-electron chi connectivity index (χ3n) is 3.37. The Morgan fingerprint density at radius 3 is 2.89 bits per heavy atom. The number of nitrogens with one attached hydrogen (secondary N) is 1. The average molecular weight is 288 g/mol. The summed E-state index contributed by atoms with van der Waals surface area (Å²) >= 11 is 4.33. The molecule has 0 aliphatic carbocycles. The van der Waals surface area contributed by atoms with Crippen molar-refractivity contribution in [1.82, 2.24) is 5.32 Å². The van der Waals surface area contributed by atoms with Crippen molar-refractivity contribution < 1.29 is 0 Å². The van der Waals surface area contributed by atoms with Gasteiger partial charge in [0.1, 0.15) is 0 Å². The smallest absolute Gasteiger partial charge is 0.0291 e. The molecule has 0 amide bonds. The highest BCUT2D eigenvalue weighted by Crippen LogP contribution is 2.28. The van der Waals surface area contributed by atoms with Gasteiger partial charge in [0.15, 0.2) is 0 Å². The van der Waals surface area contributed by atoms with Gasteiger partial charge >= 0.3 is 0 Å². The van der Waals surface area contributed by atoms with Gasteiger partial charge in [-0.25, -0.2) is 0 Å². The molecule has 1 aliphatic rings. The minimum atomic E-state index is 0.742. The predicted octanol–water partition coefficient (Wildman–Crippen LogP) is 4.34. The molecule has 2 unspecified atom stereocenters. The van der Waals surface area contributed by atoms with Crippen molar-refractivity contribution in [3.8, 4) is 0 Å². The summed E-state index contributed by atoms with van der Waals surface area (Å²) in [6.45, 7) is 7.23. The van der Waals surface area contributed by atoms with E-state index >= 15 is 0 Å². The van der Waals surface area contributed by atoms with E-state index in [4.69, 9.17) is 0 Å². The first-order chi connectivity index (χ1) is 8.88. The van der Waals surface area contributed by atoms with Crippen molar-refractivity contribution >= 4 is 23.5 Å². The lowest BCUT2D eigenvalue weighted by Crippen LogP contribution is -2.41. The van der Waals surface area contributed by atoms with Crippen LogP contribution in [-0.4, -0.2) is 35.1 Å². The van der Waals surface area contributed by atoms with E-state index in [0.29, 0.717) is 0 Å². The maximum absolute atomic E-state index is 3.79. The maximum Gasteiger partial charge on any atom is 0.0291 e. The summed E-state index contributed by atoms with van der Waals surface area (Å²) in [5.74, 6) is 4.04. The van der Waals surface area contributed by atoms with Crippen molar-refractivity contribution in [3.05, 3.63) is 12.7 Å². The zero-order valence-electron chi connectivity index (χ0n) is 11.8. The Labute approximate surface area is 122 Å². The average Bonchev–Trinajstić information content (AvgIpc) is 2.43. The highest BCUT2D eigenvalue weighted by atomic mass is 32.2. The molecule has 1 heterocycles. The molecule has 18 heavy (non-hydrogen) atoms. The summed E-state index contributed by atoms with van der Waals surface area (Å²) in [6.07, 6.45) is 9.88. The molecule has 0 spiro atoms. The molecule has 1 N–H and O–H groups in total. The second-order valence-corrected chi connectivity index (χ2v) is 7.47. The van der Waals surface area contributed by atoms with Crippen LogP contribution in [0.1, 0.15) is 45.4 Å². The minimum Gasteiger partial charge on any atom is -0.313 e. The Morgan fingerprint density at radius 2 is 2.22 bits per heavy atom. The van der Waals surface area contributed by atoms with E-state index in [2.05, 4.69) is 42.3 Å². The van der Waals surface area contributed by atoms with E-state index in [-0.39, 0.29) is 0 Å². The van der Waals surface area contributed by atoms with Gasteiger partial charge in [-0.2, -0.15) is 23.5 Å². The van der Waals surface area contributed by atoms with Gasteiger partial charge in [-0.1, -0.05) is 25.8 Å². The van der Waals surface area contributed by atoms with Crippen molar-refractivity contribution in [2.75, 3.05) is 23.8 Å². The van der Waals surface area contributed by atoms with Crippen LogP contribution in [0.4, 0.5) is 0 Å². The van der Waals surface area contributed by atoms with E-state index in [0.717, 1.165) is 11.3 Å². The maximum atomic E-state index is 3.79. The molecule has 0 aromatic rings. The first-order valence-corrected chi connectivity index (χ1v) is 9.62. The third-order valence-corrected chi connectivity index (χ3v) is 6.29. The number of hydrogen-bond donors (Lipinski definition) is 1. The quantitative estimate of drug-likeness (QED) is 0.474. The summed E-state index contributed by atoms with van der Waals surface area (Å²) in [5.41, 5.74) is 0. The topological polar surface area (TPSA) is 12.0 Å². The fourth-order valence-corrected chi connectivity index (χ4v) is 5.25. The molecule has 1 aliphatic heterocycles. The van der Waals surface area contributed by atoms with Crippen molar-refractivity contribution in [2.45, 2.75) is 56.7 Å². The van der Waals surface area contributed by atoms with Gasteiger partial charge < -0.3 is 5.32 Å². The molecule has 0 aromatic heterocycles. The first-order valence-electron chi connectivity index (χ1n) is 7.42. The van der Waals surface area contributed by atoms with Crippen LogP contribution in [0.25, 0.3) is 0 Å². The highest BCUT2D eigenvalue weighted by Gasteiger charge is 2.23. The van der Waals surface area contributed by atoms with Crippen molar-refractivity contribution in [2.24, 2.45) is 0 Å². The van der Waals surface area contributed by atoms with Gasteiger partial charge in [0, 0.05) is 28.6 Å². The molecule has 1 rings (SSSR count). The van der Waals surface area contributed by atoms with Crippen LogP contribution in [0, 0.1) is 0 Å². The fourth-order valence-electron chi connectivity index (χ4n) is 2.32. The monoisotopic (exact) mass is 287 g/mol. The van der Waals surface area contributed by atoms with Crippen LogP contribution in [0.2, 0.25) is 0 Å². The Bertz CT molecular complexity index is 203. The zero-order valence-corrected chi connectivity index (χ0v) is 13.5. The Morgan fingerprint density at radius 1 is 1.33 bits per heavy atom. The number of rotatable bonds is 10. The second-order valence-electron chi connectivity index (χ2n) is 4.97. The molecule has 2 atom stereocenters. The van der Waals surface area contributed by atoms with Gasteiger partial charge in [-0.3, -0.25) is 0 Å². The van der Waals surface area contributed by atoms with Gasteiger partial charge in [-0.05, 0) is 32.2 Å². The first kappa shape index (κ1) is 16.5. The van der Waals surface area contributed by atoms with Gasteiger partial charge in [-0.15, -0.1) is 6.58 Å². The number of thioether (sulfide) groups is 2. The Kier molecular flexibility index (Phi) is 10.3. The van der Waals surface area contributed by atoms with Gasteiger partial charge in [0.05, 0.1) is 0 Å². The molecule has 106 valence electrons. The van der Waals surface area contributed by atoms with Crippen LogP contribution < -0.4 is 5.32 Å². The fraction of sp³-hybridized carbons (Fsp3) is 0.867. The van der Waals surface area contributed by atoms with Crippen LogP contribution in [0.5, 0.6) is 0 Å². The molecular weight excluding hydrogens is 258 g/mol. The summed E-state index contributed by atoms with van der Waals surface area (Å²) in [7, 11) is 0. The van der Waals surface area contributed by atoms with Crippen LogP contribution in [0.15, 0.2) is 12.7 Å². The number of hydrogen-bond acceptors (Lipinski definition) is 3. The van der Waals surface area contributed by atoms with Crippen molar-refractivity contribution in [3.63, 3.8) is 0 Å². The molecule has 1 nitrogen and oxygen atoms in total. The molecule has 1 fully saturated rings. The van der Waals surface area contributed by atoms with Gasteiger partial charge in [0.2, 0.25) is 0 Å². The van der Waals surface area contributed by atoms with Crippen LogP contribution >= 0.6 is 23.5 Å². The van der Waals surface area contributed by atoms with E-state index < -0.39 is 0 Å². The Balaban J connectivity index is 2.22. The third kappa shape index (κ3) is 7.10. The second kappa shape index (κ2) is 11.2.